The Labute approximate surface area is 176 Å². The van der Waals surface area contributed by atoms with E-state index in [1.807, 2.05) is 49.1 Å². The standard InChI is InChI=1S/C25H27NO4/c1-4-29-23-15-24-21(22(16-30-24)18-7-9-19(28-3)10-8-18)14-20(23)17(2)13-25(27)26-11-5-6-12-26/h7-10,13-16H,4-6,11-12H2,1-3H3/b17-13+. The van der Waals surface area contributed by atoms with Crippen molar-refractivity contribution in [3.05, 3.63) is 54.3 Å². The van der Waals surface area contributed by atoms with E-state index < -0.39 is 0 Å². The summed E-state index contributed by atoms with van der Waals surface area (Å²) < 4.78 is 17.0. The molecule has 30 heavy (non-hydrogen) atoms. The van der Waals surface area contributed by atoms with Gasteiger partial charge in [-0.2, -0.15) is 0 Å². The molecule has 1 fully saturated rings. The average molecular weight is 405 g/mol. The number of carbonyl (C=O) groups is 1. The highest BCUT2D eigenvalue weighted by molar-refractivity contribution is 6.00. The number of carbonyl (C=O) groups excluding carboxylic acids is 1. The third-order valence-corrected chi connectivity index (χ3v) is 5.56. The molecule has 5 heteroatoms. The Morgan fingerprint density at radius 1 is 1.17 bits per heavy atom. The number of fused-ring (bicyclic) bond motifs is 1. The highest BCUT2D eigenvalue weighted by atomic mass is 16.5. The van der Waals surface area contributed by atoms with Crippen LogP contribution in [0.2, 0.25) is 0 Å². The van der Waals surface area contributed by atoms with Gasteiger partial charge < -0.3 is 18.8 Å². The SMILES string of the molecule is CCOc1cc2occ(-c3ccc(OC)cc3)c2cc1/C(C)=C/C(=O)N1CCCC1. The fourth-order valence-electron chi connectivity index (χ4n) is 3.92. The van der Waals surface area contributed by atoms with E-state index in [1.165, 1.54) is 0 Å². The Bertz CT molecular complexity index is 1070. The second kappa shape index (κ2) is 8.66. The van der Waals surface area contributed by atoms with Crippen molar-refractivity contribution in [2.45, 2.75) is 26.7 Å². The predicted molar refractivity (Wildman–Crippen MR) is 119 cm³/mol. The molecule has 1 aliphatic rings. The van der Waals surface area contributed by atoms with Gasteiger partial charge in [0.25, 0.3) is 0 Å². The molecule has 0 N–H and O–H groups in total. The Balaban J connectivity index is 1.76. The van der Waals surface area contributed by atoms with Gasteiger partial charge in [-0.1, -0.05) is 12.1 Å². The third kappa shape index (κ3) is 3.92. The predicted octanol–water partition coefficient (Wildman–Crippen LogP) is 5.53. The van der Waals surface area contributed by atoms with Crippen molar-refractivity contribution in [2.24, 2.45) is 0 Å². The summed E-state index contributed by atoms with van der Waals surface area (Å²) in [5.74, 6) is 1.60. The van der Waals surface area contributed by atoms with Gasteiger partial charge in [0.2, 0.25) is 5.91 Å². The average Bonchev–Trinajstić information content (AvgIpc) is 3.43. The maximum absolute atomic E-state index is 12.6. The normalized spacial score (nSPS) is 14.4. The van der Waals surface area contributed by atoms with Gasteiger partial charge in [-0.3, -0.25) is 4.79 Å². The van der Waals surface area contributed by atoms with Crippen LogP contribution in [0.4, 0.5) is 0 Å². The zero-order chi connectivity index (χ0) is 21.1. The summed E-state index contributed by atoms with van der Waals surface area (Å²) in [6.45, 7) is 6.13. The van der Waals surface area contributed by atoms with E-state index in [0.717, 1.165) is 70.7 Å². The van der Waals surface area contributed by atoms with Crippen LogP contribution in [0.3, 0.4) is 0 Å². The first-order valence-electron chi connectivity index (χ1n) is 10.4. The van der Waals surface area contributed by atoms with Gasteiger partial charge in [-0.05, 0) is 56.0 Å². The Morgan fingerprint density at radius 2 is 1.90 bits per heavy atom. The van der Waals surface area contributed by atoms with Crippen molar-refractivity contribution < 1.29 is 18.7 Å². The molecule has 0 atom stereocenters. The zero-order valence-electron chi connectivity index (χ0n) is 17.7. The minimum absolute atomic E-state index is 0.0649. The fourth-order valence-corrected chi connectivity index (χ4v) is 3.92. The second-order valence-corrected chi connectivity index (χ2v) is 7.52. The van der Waals surface area contributed by atoms with Crippen LogP contribution in [0.1, 0.15) is 32.3 Å². The molecule has 1 aromatic heterocycles. The lowest BCUT2D eigenvalue weighted by Crippen LogP contribution is -2.25. The van der Waals surface area contributed by atoms with Crippen molar-refractivity contribution in [3.8, 4) is 22.6 Å². The van der Waals surface area contributed by atoms with Crippen LogP contribution >= 0.6 is 0 Å². The number of hydrogen-bond acceptors (Lipinski definition) is 4. The maximum Gasteiger partial charge on any atom is 0.246 e. The fraction of sp³-hybridized carbons (Fsp3) is 0.320. The molecule has 4 rings (SSSR count). The van der Waals surface area contributed by atoms with Crippen LogP contribution in [-0.2, 0) is 4.79 Å². The van der Waals surface area contributed by atoms with Crippen molar-refractivity contribution in [3.63, 3.8) is 0 Å². The molecule has 0 spiro atoms. The van der Waals surface area contributed by atoms with E-state index >= 15 is 0 Å². The second-order valence-electron chi connectivity index (χ2n) is 7.52. The number of amides is 1. The number of furan rings is 1. The maximum atomic E-state index is 12.6. The highest BCUT2D eigenvalue weighted by Crippen LogP contribution is 2.38. The Morgan fingerprint density at radius 3 is 2.57 bits per heavy atom. The molecule has 1 amide bonds. The summed E-state index contributed by atoms with van der Waals surface area (Å²) in [6.07, 6.45) is 5.65. The summed E-state index contributed by atoms with van der Waals surface area (Å²) >= 11 is 0. The Hall–Kier alpha value is -3.21. The van der Waals surface area contributed by atoms with Crippen LogP contribution in [0.15, 0.2) is 53.2 Å². The highest BCUT2D eigenvalue weighted by Gasteiger charge is 2.18. The molecular formula is C25H27NO4. The number of ether oxygens (including phenoxy) is 2. The van der Waals surface area contributed by atoms with Crippen LogP contribution in [-0.4, -0.2) is 37.6 Å². The van der Waals surface area contributed by atoms with Gasteiger partial charge in [-0.25, -0.2) is 0 Å². The van der Waals surface area contributed by atoms with Gasteiger partial charge in [0.1, 0.15) is 17.1 Å². The molecule has 1 aliphatic heterocycles. The lowest BCUT2D eigenvalue weighted by Gasteiger charge is -2.15. The first kappa shape index (κ1) is 20.1. The number of allylic oxidation sites excluding steroid dienone is 1. The van der Waals surface area contributed by atoms with Crippen LogP contribution in [0.5, 0.6) is 11.5 Å². The Kier molecular flexibility index (Phi) is 5.79. The van der Waals surface area contributed by atoms with Gasteiger partial charge in [0, 0.05) is 41.7 Å². The lowest BCUT2D eigenvalue weighted by atomic mass is 9.99. The molecule has 0 aliphatic carbocycles. The topological polar surface area (TPSA) is 51.9 Å². The number of likely N-dealkylation sites (tertiary alicyclic amines) is 1. The monoisotopic (exact) mass is 405 g/mol. The minimum Gasteiger partial charge on any atom is -0.497 e. The lowest BCUT2D eigenvalue weighted by molar-refractivity contribution is -0.124. The molecule has 0 radical (unpaired) electrons. The molecule has 5 nitrogen and oxygen atoms in total. The van der Waals surface area contributed by atoms with Crippen LogP contribution in [0.25, 0.3) is 27.7 Å². The first-order valence-corrected chi connectivity index (χ1v) is 10.4. The van der Waals surface area contributed by atoms with E-state index in [0.29, 0.717) is 6.61 Å². The summed E-state index contributed by atoms with van der Waals surface area (Å²) in [4.78, 5) is 14.5. The summed E-state index contributed by atoms with van der Waals surface area (Å²) in [7, 11) is 1.66. The number of rotatable bonds is 6. The van der Waals surface area contributed by atoms with E-state index in [9.17, 15) is 4.79 Å². The van der Waals surface area contributed by atoms with E-state index in [1.54, 1.807) is 19.4 Å². The van der Waals surface area contributed by atoms with E-state index in [4.69, 9.17) is 13.9 Å². The van der Waals surface area contributed by atoms with Gasteiger partial charge in [0.15, 0.2) is 0 Å². The van der Waals surface area contributed by atoms with Gasteiger partial charge in [0.05, 0.1) is 20.0 Å². The van der Waals surface area contributed by atoms with Crippen LogP contribution < -0.4 is 9.47 Å². The largest absolute Gasteiger partial charge is 0.497 e. The van der Waals surface area contributed by atoms with Crippen molar-refractivity contribution in [1.82, 2.24) is 4.90 Å². The van der Waals surface area contributed by atoms with E-state index in [2.05, 4.69) is 6.07 Å². The van der Waals surface area contributed by atoms with Crippen LogP contribution in [0, 0.1) is 0 Å². The third-order valence-electron chi connectivity index (χ3n) is 5.56. The number of hydrogen-bond donors (Lipinski definition) is 0. The summed E-state index contributed by atoms with van der Waals surface area (Å²) in [5.41, 5.74) is 4.59. The van der Waals surface area contributed by atoms with E-state index in [-0.39, 0.29) is 5.91 Å². The molecular weight excluding hydrogens is 378 g/mol. The molecule has 2 aromatic carbocycles. The molecule has 3 aromatic rings. The summed E-state index contributed by atoms with van der Waals surface area (Å²) in [6, 6.07) is 11.9. The first-order chi connectivity index (χ1) is 14.6. The number of nitrogens with zero attached hydrogens (tertiary/aromatic N) is 1. The molecule has 156 valence electrons. The zero-order valence-corrected chi connectivity index (χ0v) is 17.7. The van der Waals surface area contributed by atoms with Crippen molar-refractivity contribution in [1.29, 1.82) is 0 Å². The molecule has 0 saturated carbocycles. The molecule has 1 saturated heterocycles. The summed E-state index contributed by atoms with van der Waals surface area (Å²) in [5, 5.41) is 0.986. The molecule has 0 bridgehead atoms. The number of methoxy groups -OCH3 is 1. The van der Waals surface area contributed by atoms with Gasteiger partial charge in [-0.15, -0.1) is 0 Å². The smallest absolute Gasteiger partial charge is 0.246 e. The quantitative estimate of drug-likeness (QED) is 0.506. The molecule has 2 heterocycles. The van der Waals surface area contributed by atoms with Crippen molar-refractivity contribution in [2.75, 3.05) is 26.8 Å². The number of benzene rings is 2. The minimum atomic E-state index is 0.0649. The van der Waals surface area contributed by atoms with Crippen molar-refractivity contribution >= 4 is 22.4 Å². The van der Waals surface area contributed by atoms with Gasteiger partial charge >= 0.3 is 0 Å². The molecule has 0 unspecified atom stereocenters.